The van der Waals surface area contributed by atoms with Gasteiger partial charge in [0.15, 0.2) is 0 Å². The molecule has 3 atom stereocenters. The first kappa shape index (κ1) is 24.1. The zero-order valence-corrected chi connectivity index (χ0v) is 20.8. The van der Waals surface area contributed by atoms with E-state index in [1.54, 1.807) is 7.11 Å². The Morgan fingerprint density at radius 2 is 1.69 bits per heavy atom. The lowest BCUT2D eigenvalue weighted by Gasteiger charge is -2.59. The largest absolute Gasteiger partial charge is 0.592 e. The number of fused-ring (bicyclic) bond motifs is 2. The van der Waals surface area contributed by atoms with Gasteiger partial charge in [-0.1, -0.05) is 70.4 Å². The summed E-state index contributed by atoms with van der Waals surface area (Å²) in [7, 11) is 3.69. The predicted molar refractivity (Wildman–Crippen MR) is 132 cm³/mol. The van der Waals surface area contributed by atoms with Crippen LogP contribution in [0.15, 0.2) is 24.3 Å². The van der Waals surface area contributed by atoms with E-state index >= 15 is 0 Å². The molecule has 0 saturated carbocycles. The van der Waals surface area contributed by atoms with E-state index in [9.17, 15) is 0 Å². The minimum Gasteiger partial charge on any atom is -0.592 e. The van der Waals surface area contributed by atoms with Gasteiger partial charge in [0, 0.05) is 6.42 Å². The molecular formula is C27H44BO4-. The summed E-state index contributed by atoms with van der Waals surface area (Å²) in [5, 5.41) is 0. The molecule has 3 saturated heterocycles. The molecule has 3 aliphatic heterocycles. The third-order valence-electron chi connectivity index (χ3n) is 9.12. The van der Waals surface area contributed by atoms with Crippen LogP contribution in [0.3, 0.4) is 0 Å². The van der Waals surface area contributed by atoms with Crippen molar-refractivity contribution in [2.75, 3.05) is 14.2 Å². The van der Waals surface area contributed by atoms with Crippen molar-refractivity contribution in [2.45, 2.75) is 120 Å². The Kier molecular flexibility index (Phi) is 7.90. The molecule has 2 bridgehead atoms. The lowest BCUT2D eigenvalue weighted by Crippen LogP contribution is -2.52. The fourth-order valence-electron chi connectivity index (χ4n) is 7.56. The molecule has 3 aliphatic rings. The summed E-state index contributed by atoms with van der Waals surface area (Å²) in [6, 6.07) is 8.21. The van der Waals surface area contributed by atoms with E-state index in [2.05, 4.69) is 26.0 Å². The third kappa shape index (κ3) is 5.05. The highest BCUT2D eigenvalue weighted by atomic mass is 16.6. The normalized spacial score (nSPS) is 36.9. The Morgan fingerprint density at radius 3 is 2.25 bits per heavy atom. The quantitative estimate of drug-likeness (QED) is 0.364. The van der Waals surface area contributed by atoms with Crippen LogP contribution in [0.25, 0.3) is 0 Å². The number of rotatable bonds is 10. The van der Waals surface area contributed by atoms with Crippen LogP contribution in [0.4, 0.5) is 0 Å². The lowest BCUT2D eigenvalue weighted by molar-refractivity contribution is -0.0618. The smallest absolute Gasteiger partial charge is 0.120 e. The van der Waals surface area contributed by atoms with Gasteiger partial charge in [-0.3, -0.25) is 0 Å². The van der Waals surface area contributed by atoms with Gasteiger partial charge < -0.3 is 18.9 Å². The zero-order chi connectivity index (χ0) is 22.6. The van der Waals surface area contributed by atoms with Gasteiger partial charge in [0.2, 0.25) is 0 Å². The van der Waals surface area contributed by atoms with Crippen molar-refractivity contribution >= 4 is 6.35 Å². The molecule has 1 aromatic carbocycles. The van der Waals surface area contributed by atoms with Gasteiger partial charge in [-0.25, -0.2) is 0 Å². The van der Waals surface area contributed by atoms with Crippen LogP contribution >= 0.6 is 0 Å². The second-order valence-electron chi connectivity index (χ2n) is 11.1. The van der Waals surface area contributed by atoms with Gasteiger partial charge >= 0.3 is 0 Å². The predicted octanol–water partition coefficient (Wildman–Crippen LogP) is 7.02. The van der Waals surface area contributed by atoms with Gasteiger partial charge in [-0.05, 0) is 38.2 Å². The van der Waals surface area contributed by atoms with Crippen LogP contribution < -0.4 is 4.74 Å². The average molecular weight is 443 g/mol. The van der Waals surface area contributed by atoms with Crippen molar-refractivity contribution in [2.24, 2.45) is 0 Å². The van der Waals surface area contributed by atoms with E-state index < -0.39 is 6.35 Å². The molecule has 3 fully saturated rings. The molecular weight excluding hydrogens is 399 g/mol. The van der Waals surface area contributed by atoms with Gasteiger partial charge in [0.25, 0.3) is 0 Å². The summed E-state index contributed by atoms with van der Waals surface area (Å²) in [6.45, 7) is 5.16. The van der Waals surface area contributed by atoms with Gasteiger partial charge in [-0.2, -0.15) is 6.32 Å². The maximum atomic E-state index is 6.74. The van der Waals surface area contributed by atoms with Crippen molar-refractivity contribution < 1.29 is 18.9 Å². The first-order valence-electron chi connectivity index (χ1n) is 13.2. The zero-order valence-electron chi connectivity index (χ0n) is 20.8. The number of methoxy groups -OCH3 is 1. The summed E-state index contributed by atoms with van der Waals surface area (Å²) in [5.74, 6) is 2.46. The summed E-state index contributed by atoms with van der Waals surface area (Å²) in [6.07, 6.45) is 13.3. The Bertz CT molecular complexity index is 701. The first-order valence-corrected chi connectivity index (χ1v) is 13.2. The number of ether oxygens (including phenoxy) is 3. The second kappa shape index (κ2) is 10.5. The van der Waals surface area contributed by atoms with Crippen LogP contribution in [-0.4, -0.2) is 38.4 Å². The summed E-state index contributed by atoms with van der Waals surface area (Å²) >= 11 is 0. The van der Waals surface area contributed by atoms with Crippen molar-refractivity contribution in [3.63, 3.8) is 0 Å². The van der Waals surface area contributed by atoms with Crippen molar-refractivity contribution in [3.05, 3.63) is 29.8 Å². The molecule has 0 N–H and O–H groups in total. The molecule has 0 amide bonds. The summed E-state index contributed by atoms with van der Waals surface area (Å²) in [4.78, 5) is 0. The summed E-state index contributed by atoms with van der Waals surface area (Å²) in [5.41, 5.74) is 1.12. The molecule has 0 radical (unpaired) electrons. The van der Waals surface area contributed by atoms with Gasteiger partial charge in [0.05, 0.1) is 31.5 Å². The van der Waals surface area contributed by atoms with Crippen molar-refractivity contribution in [3.8, 4) is 5.75 Å². The molecule has 180 valence electrons. The van der Waals surface area contributed by atoms with Crippen LogP contribution in [0, 0.1) is 0 Å². The summed E-state index contributed by atoms with van der Waals surface area (Å²) < 4.78 is 25.0. The number of hydrogen-bond donors (Lipinski definition) is 0. The highest BCUT2D eigenvalue weighted by molar-refractivity contribution is 6.77. The Morgan fingerprint density at radius 1 is 1.03 bits per heavy atom. The highest BCUT2D eigenvalue weighted by Crippen LogP contribution is 2.56. The van der Waals surface area contributed by atoms with Crippen molar-refractivity contribution in [1.82, 2.24) is 0 Å². The van der Waals surface area contributed by atoms with Gasteiger partial charge in [-0.15, -0.1) is 11.6 Å². The molecule has 0 aliphatic carbocycles. The monoisotopic (exact) mass is 443 g/mol. The fraction of sp³-hybridized carbons (Fsp3) is 0.778. The molecule has 0 unspecified atom stereocenters. The van der Waals surface area contributed by atoms with Gasteiger partial charge in [0.1, 0.15) is 12.1 Å². The van der Waals surface area contributed by atoms with E-state index in [0.717, 1.165) is 43.1 Å². The maximum Gasteiger partial charge on any atom is 0.120 e. The number of benzene rings is 1. The SMILES string of the molecule is CCC[C@]1(C)C[C@@H](OCc2ccc(OC)cc2)[C@H](CC[B-]2(OC)C3CCCC2CCC3)O1. The minimum atomic E-state index is -0.737. The maximum absolute atomic E-state index is 6.74. The van der Waals surface area contributed by atoms with Crippen LogP contribution in [0.1, 0.15) is 83.6 Å². The molecule has 0 aromatic heterocycles. The van der Waals surface area contributed by atoms with Crippen LogP contribution in [-0.2, 0) is 20.7 Å². The first-order chi connectivity index (χ1) is 15.5. The lowest BCUT2D eigenvalue weighted by atomic mass is 9.18. The Hall–Kier alpha value is -1.04. The van der Waals surface area contributed by atoms with Crippen LogP contribution in [0.2, 0.25) is 18.0 Å². The molecule has 4 rings (SSSR count). The third-order valence-corrected chi connectivity index (χ3v) is 9.12. The minimum absolute atomic E-state index is 0.0698. The van der Waals surface area contributed by atoms with E-state index in [4.69, 9.17) is 18.9 Å². The molecule has 5 heteroatoms. The highest BCUT2D eigenvalue weighted by Gasteiger charge is 2.47. The average Bonchev–Trinajstić information content (AvgIpc) is 3.11. The van der Waals surface area contributed by atoms with Crippen molar-refractivity contribution in [1.29, 1.82) is 0 Å². The Labute approximate surface area is 195 Å². The van der Waals surface area contributed by atoms with E-state index in [0.29, 0.717) is 6.61 Å². The molecule has 4 nitrogen and oxygen atoms in total. The molecule has 1 aromatic rings. The molecule has 3 heterocycles. The van der Waals surface area contributed by atoms with Crippen LogP contribution in [0.5, 0.6) is 5.75 Å². The Balaban J connectivity index is 1.43. The second-order valence-corrected chi connectivity index (χ2v) is 11.1. The van der Waals surface area contributed by atoms with E-state index in [1.807, 2.05) is 19.2 Å². The molecule has 0 spiro atoms. The number of hydrogen-bond acceptors (Lipinski definition) is 4. The fourth-order valence-corrected chi connectivity index (χ4v) is 7.56. The molecule has 32 heavy (non-hydrogen) atoms. The van der Waals surface area contributed by atoms with E-state index in [1.165, 1.54) is 50.4 Å². The topological polar surface area (TPSA) is 36.9 Å². The standard InChI is InChI=1S/C27H44BO4/c1-5-17-27(2)19-26(31-20-21-12-14-24(29-3)15-13-21)25(32-27)16-18-28(30-4)22-8-6-9-23(28)11-7-10-22/h12-15,22-23,25-26H,5-11,16-20H2,1-4H3/q-1/t22?,23?,25-,26+,27+,28?/m0/s1. The van der Waals surface area contributed by atoms with E-state index in [-0.39, 0.29) is 17.8 Å².